The number of carbonyl (C=O) groups is 2. The fourth-order valence-electron chi connectivity index (χ4n) is 4.30. The third kappa shape index (κ3) is 6.23. The van der Waals surface area contributed by atoms with Gasteiger partial charge in [-0.25, -0.2) is 9.59 Å². The van der Waals surface area contributed by atoms with Crippen molar-refractivity contribution in [1.29, 1.82) is 0 Å². The van der Waals surface area contributed by atoms with Crippen LogP contribution in [-0.4, -0.2) is 55.0 Å². The second-order valence-corrected chi connectivity index (χ2v) is 8.86. The lowest BCUT2D eigenvalue weighted by Gasteiger charge is -2.17. The van der Waals surface area contributed by atoms with Gasteiger partial charge in [0.2, 0.25) is 0 Å². The first-order chi connectivity index (χ1) is 16.0. The quantitative estimate of drug-likeness (QED) is 0.408. The summed E-state index contributed by atoms with van der Waals surface area (Å²) in [6, 6.07) is 14.8. The number of benzene rings is 2. The van der Waals surface area contributed by atoms with Crippen LogP contribution >= 0.6 is 0 Å². The molecule has 4 unspecified atom stereocenters. The largest absolute Gasteiger partial charge is 0.453 e. The number of unbranched alkanes of at least 4 members (excludes halogenated alkanes) is 3. The molecule has 2 saturated heterocycles. The van der Waals surface area contributed by atoms with E-state index in [-0.39, 0.29) is 18.7 Å². The molecule has 0 amide bonds. The van der Waals surface area contributed by atoms with Gasteiger partial charge in [0.05, 0.1) is 24.3 Å². The SMILES string of the molecule is CCCCCCc1ccc(C(=O)OC2COC3C(OC(=O)c4ccc(C)cc4)COC23)cc1.O. The van der Waals surface area contributed by atoms with Crippen LogP contribution in [0, 0.1) is 6.92 Å². The lowest BCUT2D eigenvalue weighted by molar-refractivity contribution is -0.0287. The Kier molecular flexibility index (Phi) is 9.21. The molecule has 4 atom stereocenters. The van der Waals surface area contributed by atoms with Crippen molar-refractivity contribution in [3.8, 4) is 0 Å². The summed E-state index contributed by atoms with van der Waals surface area (Å²) in [5, 5.41) is 0. The standard InChI is InChI=1S/C27H32O6.H2O/c1-3-4-5-6-7-19-10-14-21(15-11-19)27(29)33-23-17-31-24-22(16-30-25(23)24)32-26(28)20-12-8-18(2)9-13-20;/h8-15,22-25H,3-7,16-17H2,1-2H3;1H2. The highest BCUT2D eigenvalue weighted by atomic mass is 16.7. The van der Waals surface area contributed by atoms with Crippen LogP contribution < -0.4 is 0 Å². The van der Waals surface area contributed by atoms with Gasteiger partial charge in [-0.05, 0) is 49.6 Å². The van der Waals surface area contributed by atoms with E-state index >= 15 is 0 Å². The second-order valence-electron chi connectivity index (χ2n) is 8.86. The molecule has 7 nitrogen and oxygen atoms in total. The Morgan fingerprint density at radius 3 is 1.79 bits per heavy atom. The van der Waals surface area contributed by atoms with Crippen LogP contribution in [0.5, 0.6) is 0 Å². The van der Waals surface area contributed by atoms with Gasteiger partial charge in [-0.1, -0.05) is 56.0 Å². The lowest BCUT2D eigenvalue weighted by Crippen LogP contribution is -2.36. The molecule has 2 aromatic carbocycles. The van der Waals surface area contributed by atoms with Gasteiger partial charge in [-0.3, -0.25) is 0 Å². The minimum atomic E-state index is -0.528. The van der Waals surface area contributed by atoms with Crippen LogP contribution in [0.15, 0.2) is 48.5 Å². The molecule has 0 aromatic heterocycles. The van der Waals surface area contributed by atoms with E-state index in [2.05, 4.69) is 6.92 Å². The van der Waals surface area contributed by atoms with Gasteiger partial charge in [0, 0.05) is 0 Å². The van der Waals surface area contributed by atoms with E-state index in [9.17, 15) is 9.59 Å². The summed E-state index contributed by atoms with van der Waals surface area (Å²) in [5.41, 5.74) is 3.29. The Morgan fingerprint density at radius 2 is 1.29 bits per heavy atom. The third-order valence-corrected chi connectivity index (χ3v) is 6.28. The van der Waals surface area contributed by atoms with E-state index in [4.69, 9.17) is 18.9 Å². The smallest absolute Gasteiger partial charge is 0.338 e. The maximum absolute atomic E-state index is 12.7. The minimum absolute atomic E-state index is 0. The van der Waals surface area contributed by atoms with Crippen molar-refractivity contribution >= 4 is 11.9 Å². The Labute approximate surface area is 200 Å². The number of carbonyl (C=O) groups excluding carboxylic acids is 2. The molecule has 0 saturated carbocycles. The monoisotopic (exact) mass is 470 g/mol. The molecule has 2 heterocycles. The van der Waals surface area contributed by atoms with Crippen LogP contribution in [0.3, 0.4) is 0 Å². The molecule has 184 valence electrons. The van der Waals surface area contributed by atoms with E-state index < -0.39 is 36.4 Å². The van der Waals surface area contributed by atoms with E-state index in [0.29, 0.717) is 11.1 Å². The van der Waals surface area contributed by atoms with Crippen LogP contribution in [0.25, 0.3) is 0 Å². The van der Waals surface area contributed by atoms with Crippen molar-refractivity contribution in [3.63, 3.8) is 0 Å². The summed E-state index contributed by atoms with van der Waals surface area (Å²) < 4.78 is 22.9. The van der Waals surface area contributed by atoms with Gasteiger partial charge in [0.15, 0.2) is 12.2 Å². The van der Waals surface area contributed by atoms with Gasteiger partial charge in [-0.15, -0.1) is 0 Å². The van der Waals surface area contributed by atoms with E-state index in [0.717, 1.165) is 18.4 Å². The second kappa shape index (κ2) is 12.1. The van der Waals surface area contributed by atoms with Gasteiger partial charge in [-0.2, -0.15) is 0 Å². The van der Waals surface area contributed by atoms with Gasteiger partial charge in [0.25, 0.3) is 0 Å². The Hall–Kier alpha value is -2.74. The number of esters is 2. The molecule has 4 rings (SSSR count). The molecule has 7 heteroatoms. The molecule has 0 aliphatic carbocycles. The highest BCUT2D eigenvalue weighted by molar-refractivity contribution is 5.90. The van der Waals surface area contributed by atoms with Crippen molar-refractivity contribution < 1.29 is 34.0 Å². The zero-order valence-corrected chi connectivity index (χ0v) is 19.8. The number of rotatable bonds is 9. The predicted octanol–water partition coefficient (Wildman–Crippen LogP) is 3.84. The van der Waals surface area contributed by atoms with Gasteiger partial charge in [0.1, 0.15) is 12.2 Å². The molecule has 2 aliphatic rings. The third-order valence-electron chi connectivity index (χ3n) is 6.28. The first kappa shape index (κ1) is 25.9. The summed E-state index contributed by atoms with van der Waals surface area (Å²) in [6.45, 7) is 4.59. The molecule has 2 fully saturated rings. The van der Waals surface area contributed by atoms with Crippen LogP contribution in [-0.2, 0) is 25.4 Å². The van der Waals surface area contributed by atoms with Crippen molar-refractivity contribution in [2.75, 3.05) is 13.2 Å². The summed E-state index contributed by atoms with van der Waals surface area (Å²) in [5.74, 6) is -0.812. The number of ether oxygens (including phenoxy) is 4. The number of hydrogen-bond donors (Lipinski definition) is 0. The normalized spacial score (nSPS) is 23.1. The summed E-state index contributed by atoms with van der Waals surface area (Å²) in [4.78, 5) is 25.1. The van der Waals surface area contributed by atoms with Crippen LogP contribution in [0.2, 0.25) is 0 Å². The lowest BCUT2D eigenvalue weighted by atomic mass is 10.0. The number of aryl methyl sites for hydroxylation is 2. The summed E-state index contributed by atoms with van der Waals surface area (Å²) >= 11 is 0. The number of hydrogen-bond acceptors (Lipinski definition) is 6. The molecular formula is C27H34O7. The molecule has 34 heavy (non-hydrogen) atoms. The first-order valence-corrected chi connectivity index (χ1v) is 11.9. The molecule has 2 N–H and O–H groups in total. The predicted molar refractivity (Wildman–Crippen MR) is 127 cm³/mol. The van der Waals surface area contributed by atoms with Crippen molar-refractivity contribution in [2.24, 2.45) is 0 Å². The maximum Gasteiger partial charge on any atom is 0.338 e. The van der Waals surface area contributed by atoms with Gasteiger partial charge < -0.3 is 24.4 Å². The minimum Gasteiger partial charge on any atom is -0.453 e. The topological polar surface area (TPSA) is 103 Å². The fourth-order valence-corrected chi connectivity index (χ4v) is 4.30. The van der Waals surface area contributed by atoms with Crippen molar-refractivity contribution in [3.05, 3.63) is 70.8 Å². The van der Waals surface area contributed by atoms with Crippen LogP contribution in [0.4, 0.5) is 0 Å². The Morgan fingerprint density at radius 1 is 0.794 bits per heavy atom. The summed E-state index contributed by atoms with van der Waals surface area (Å²) in [6.07, 6.45) is 3.94. The fraction of sp³-hybridized carbons (Fsp3) is 0.481. The zero-order valence-electron chi connectivity index (χ0n) is 19.8. The molecule has 0 spiro atoms. The Balaban J connectivity index is 0.00000324. The van der Waals surface area contributed by atoms with E-state index in [1.165, 1.54) is 24.8 Å². The molecule has 0 bridgehead atoms. The maximum atomic E-state index is 12.7. The highest BCUT2D eigenvalue weighted by Crippen LogP contribution is 2.31. The molecule has 2 aliphatic heterocycles. The summed E-state index contributed by atoms with van der Waals surface area (Å²) in [7, 11) is 0. The van der Waals surface area contributed by atoms with Crippen LogP contribution in [0.1, 0.15) is 64.4 Å². The highest BCUT2D eigenvalue weighted by Gasteiger charge is 2.51. The molecular weight excluding hydrogens is 436 g/mol. The Bertz CT molecular complexity index is 938. The average Bonchev–Trinajstić information content (AvgIpc) is 3.41. The van der Waals surface area contributed by atoms with E-state index in [1.54, 1.807) is 12.1 Å². The number of fused-ring (bicyclic) bond motifs is 1. The van der Waals surface area contributed by atoms with Crippen molar-refractivity contribution in [1.82, 2.24) is 0 Å². The molecule has 0 radical (unpaired) electrons. The zero-order chi connectivity index (χ0) is 23.2. The van der Waals surface area contributed by atoms with Crippen molar-refractivity contribution in [2.45, 2.75) is 70.4 Å². The van der Waals surface area contributed by atoms with E-state index in [1.807, 2.05) is 43.3 Å². The van der Waals surface area contributed by atoms with Gasteiger partial charge >= 0.3 is 11.9 Å². The molecule has 2 aromatic rings. The first-order valence-electron chi connectivity index (χ1n) is 11.9. The average molecular weight is 471 g/mol.